The fourth-order valence-corrected chi connectivity index (χ4v) is 3.81. The van der Waals surface area contributed by atoms with Crippen LogP contribution in [0.15, 0.2) is 0 Å². The molecule has 2 N–H and O–H groups in total. The monoisotopic (exact) mass is 224 g/mol. The molecule has 0 aromatic rings. The van der Waals surface area contributed by atoms with E-state index in [0.29, 0.717) is 5.41 Å². The minimum Gasteiger partial charge on any atom is -0.329 e. The van der Waals surface area contributed by atoms with Crippen LogP contribution in [0.25, 0.3) is 0 Å². The summed E-state index contributed by atoms with van der Waals surface area (Å²) in [4.78, 5) is 2.65. The maximum absolute atomic E-state index is 6.01. The lowest BCUT2D eigenvalue weighted by Crippen LogP contribution is -2.66. The number of hydrogen-bond acceptors (Lipinski definition) is 2. The molecule has 1 saturated heterocycles. The molecule has 2 nitrogen and oxygen atoms in total. The summed E-state index contributed by atoms with van der Waals surface area (Å²) in [5, 5.41) is 0. The average molecular weight is 224 g/mol. The molecule has 2 rings (SSSR count). The molecule has 16 heavy (non-hydrogen) atoms. The summed E-state index contributed by atoms with van der Waals surface area (Å²) in [5.74, 6) is 0.744. The second kappa shape index (κ2) is 4.30. The van der Waals surface area contributed by atoms with Gasteiger partial charge >= 0.3 is 0 Å². The highest BCUT2D eigenvalue weighted by Gasteiger charge is 2.49. The minimum atomic E-state index is 0.252. The van der Waals surface area contributed by atoms with Crippen molar-refractivity contribution in [2.24, 2.45) is 17.1 Å². The smallest absolute Gasteiger partial charge is 0.0306 e. The molecular weight excluding hydrogens is 196 g/mol. The number of nitrogens with zero attached hydrogens (tertiary/aromatic N) is 1. The predicted octanol–water partition coefficient (Wildman–Crippen LogP) is 2.63. The van der Waals surface area contributed by atoms with Crippen molar-refractivity contribution in [3.05, 3.63) is 0 Å². The Morgan fingerprint density at radius 2 is 1.81 bits per heavy atom. The molecule has 1 atom stereocenters. The maximum atomic E-state index is 6.01. The van der Waals surface area contributed by atoms with Gasteiger partial charge in [-0.1, -0.05) is 26.7 Å². The lowest BCUT2D eigenvalue weighted by atomic mass is 9.73. The van der Waals surface area contributed by atoms with Crippen LogP contribution >= 0.6 is 0 Å². The molecule has 0 radical (unpaired) electrons. The molecule has 94 valence electrons. The molecule has 1 aliphatic carbocycles. The number of hydrogen-bond donors (Lipinski definition) is 1. The molecule has 0 aromatic carbocycles. The van der Waals surface area contributed by atoms with Gasteiger partial charge in [-0.25, -0.2) is 0 Å². The molecule has 2 aliphatic rings. The lowest BCUT2D eigenvalue weighted by Gasteiger charge is -2.57. The number of rotatable bonds is 4. The zero-order chi connectivity index (χ0) is 11.8. The highest BCUT2D eigenvalue weighted by molar-refractivity contribution is 5.04. The first kappa shape index (κ1) is 12.4. The summed E-state index contributed by atoms with van der Waals surface area (Å²) in [6, 6.07) is 0. The van der Waals surface area contributed by atoms with Gasteiger partial charge in [-0.2, -0.15) is 0 Å². The van der Waals surface area contributed by atoms with Crippen molar-refractivity contribution in [2.75, 3.05) is 19.6 Å². The third kappa shape index (κ3) is 2.14. The van der Waals surface area contributed by atoms with Crippen molar-refractivity contribution < 1.29 is 0 Å². The van der Waals surface area contributed by atoms with Crippen LogP contribution in [-0.4, -0.2) is 30.1 Å². The van der Waals surface area contributed by atoms with Crippen molar-refractivity contribution in [2.45, 2.75) is 58.4 Å². The fourth-order valence-electron chi connectivity index (χ4n) is 3.81. The van der Waals surface area contributed by atoms with Gasteiger partial charge < -0.3 is 5.73 Å². The third-order valence-corrected chi connectivity index (χ3v) is 4.77. The van der Waals surface area contributed by atoms with Crippen LogP contribution < -0.4 is 5.73 Å². The Morgan fingerprint density at radius 1 is 1.25 bits per heavy atom. The van der Waals surface area contributed by atoms with Crippen molar-refractivity contribution in [3.8, 4) is 0 Å². The molecule has 1 heterocycles. The zero-order valence-electron chi connectivity index (χ0n) is 11.3. The van der Waals surface area contributed by atoms with Crippen LogP contribution in [0.2, 0.25) is 0 Å². The third-order valence-electron chi connectivity index (χ3n) is 4.77. The van der Waals surface area contributed by atoms with E-state index in [1.54, 1.807) is 0 Å². The van der Waals surface area contributed by atoms with Gasteiger partial charge in [0.1, 0.15) is 0 Å². The SMILES string of the molecule is CC(C)CC(C)(CN)N1CC2(CCCC2)C1. The summed E-state index contributed by atoms with van der Waals surface area (Å²) in [5.41, 5.74) is 6.96. The fraction of sp³-hybridized carbons (Fsp3) is 1.00. The van der Waals surface area contributed by atoms with Crippen LogP contribution in [0, 0.1) is 11.3 Å². The Kier molecular flexibility index (Phi) is 3.33. The first-order chi connectivity index (χ1) is 7.50. The van der Waals surface area contributed by atoms with E-state index in [9.17, 15) is 0 Å². The quantitative estimate of drug-likeness (QED) is 0.795. The Balaban J connectivity index is 1.92. The van der Waals surface area contributed by atoms with Gasteiger partial charge in [0.15, 0.2) is 0 Å². The first-order valence-electron chi connectivity index (χ1n) is 6.95. The highest BCUT2D eigenvalue weighted by Crippen LogP contribution is 2.48. The van der Waals surface area contributed by atoms with Gasteiger partial charge in [0.25, 0.3) is 0 Å². The van der Waals surface area contributed by atoms with Gasteiger partial charge in [-0.3, -0.25) is 4.90 Å². The minimum absolute atomic E-state index is 0.252. The van der Waals surface area contributed by atoms with Gasteiger partial charge in [-0.15, -0.1) is 0 Å². The predicted molar refractivity (Wildman–Crippen MR) is 69.4 cm³/mol. The molecule has 0 amide bonds. The topological polar surface area (TPSA) is 29.3 Å². The average Bonchev–Trinajstić information content (AvgIpc) is 2.62. The van der Waals surface area contributed by atoms with E-state index in [4.69, 9.17) is 5.73 Å². The Morgan fingerprint density at radius 3 is 2.25 bits per heavy atom. The normalized spacial score (nSPS) is 28.3. The second-order valence-corrected chi connectivity index (χ2v) is 6.86. The van der Waals surface area contributed by atoms with Gasteiger partial charge in [0.2, 0.25) is 0 Å². The summed E-state index contributed by atoms with van der Waals surface area (Å²) < 4.78 is 0. The van der Waals surface area contributed by atoms with E-state index < -0.39 is 0 Å². The van der Waals surface area contributed by atoms with E-state index in [2.05, 4.69) is 25.7 Å². The molecule has 2 fully saturated rings. The van der Waals surface area contributed by atoms with Crippen LogP contribution in [-0.2, 0) is 0 Å². The summed E-state index contributed by atoms with van der Waals surface area (Å²) in [7, 11) is 0. The highest BCUT2D eigenvalue weighted by atomic mass is 15.3. The van der Waals surface area contributed by atoms with E-state index >= 15 is 0 Å². The molecule has 1 saturated carbocycles. The zero-order valence-corrected chi connectivity index (χ0v) is 11.3. The first-order valence-corrected chi connectivity index (χ1v) is 6.95. The summed E-state index contributed by atoms with van der Waals surface area (Å²) in [6.45, 7) is 10.4. The van der Waals surface area contributed by atoms with E-state index in [0.717, 1.165) is 12.5 Å². The van der Waals surface area contributed by atoms with Crippen molar-refractivity contribution >= 4 is 0 Å². The summed E-state index contributed by atoms with van der Waals surface area (Å²) in [6.07, 6.45) is 7.08. The van der Waals surface area contributed by atoms with Gasteiger partial charge in [0.05, 0.1) is 0 Å². The Labute approximate surface area is 101 Å². The van der Waals surface area contributed by atoms with Gasteiger partial charge in [0, 0.05) is 25.2 Å². The van der Waals surface area contributed by atoms with Crippen molar-refractivity contribution in [3.63, 3.8) is 0 Å². The molecule has 2 heteroatoms. The Hall–Kier alpha value is -0.0800. The Bertz CT molecular complexity index is 235. The number of likely N-dealkylation sites (tertiary alicyclic amines) is 1. The number of nitrogens with two attached hydrogens (primary N) is 1. The van der Waals surface area contributed by atoms with E-state index in [-0.39, 0.29) is 5.54 Å². The molecule has 1 spiro atoms. The molecule has 1 unspecified atom stereocenters. The molecular formula is C14H28N2. The van der Waals surface area contributed by atoms with Crippen LogP contribution in [0.1, 0.15) is 52.9 Å². The van der Waals surface area contributed by atoms with Crippen molar-refractivity contribution in [1.82, 2.24) is 4.90 Å². The van der Waals surface area contributed by atoms with E-state index in [1.165, 1.54) is 45.2 Å². The summed E-state index contributed by atoms with van der Waals surface area (Å²) >= 11 is 0. The van der Waals surface area contributed by atoms with E-state index in [1.807, 2.05) is 0 Å². The lowest BCUT2D eigenvalue weighted by molar-refractivity contribution is -0.0725. The second-order valence-electron chi connectivity index (χ2n) is 6.86. The standard InChI is InChI=1S/C14H28N2/c1-12(2)8-13(3,9-15)16-10-14(11-16)6-4-5-7-14/h12H,4-11,15H2,1-3H3. The molecule has 0 aromatic heterocycles. The van der Waals surface area contributed by atoms with Crippen LogP contribution in [0.3, 0.4) is 0 Å². The molecule has 0 bridgehead atoms. The largest absolute Gasteiger partial charge is 0.329 e. The van der Waals surface area contributed by atoms with Gasteiger partial charge in [-0.05, 0) is 37.5 Å². The van der Waals surface area contributed by atoms with Crippen LogP contribution in [0.5, 0.6) is 0 Å². The van der Waals surface area contributed by atoms with Crippen LogP contribution in [0.4, 0.5) is 0 Å². The maximum Gasteiger partial charge on any atom is 0.0306 e. The molecule has 1 aliphatic heterocycles. The van der Waals surface area contributed by atoms with Crippen molar-refractivity contribution in [1.29, 1.82) is 0 Å².